The summed E-state index contributed by atoms with van der Waals surface area (Å²) >= 11 is 2.86. The van der Waals surface area contributed by atoms with E-state index in [0.29, 0.717) is 32.7 Å². The van der Waals surface area contributed by atoms with E-state index in [9.17, 15) is 4.79 Å². The number of hydrogen-bond acceptors (Lipinski definition) is 8. The summed E-state index contributed by atoms with van der Waals surface area (Å²) in [6.45, 7) is 4.02. The standard InChI is InChI=1S/C15H14N6O2S2/c1-8(2)21-15(18-19-20-21)25-7-11-16-13(22)12-9(6-24-14(12)17-11)10-4-3-5-23-10/h3-6,8H,7H2,1-2H3,(H,16,17,22). The van der Waals surface area contributed by atoms with Crippen LogP contribution >= 0.6 is 23.1 Å². The lowest BCUT2D eigenvalue weighted by molar-refractivity contribution is 0.477. The van der Waals surface area contributed by atoms with Crippen molar-refractivity contribution >= 4 is 33.3 Å². The molecule has 0 atom stereocenters. The second kappa shape index (κ2) is 6.45. The highest BCUT2D eigenvalue weighted by molar-refractivity contribution is 7.98. The molecule has 0 aromatic carbocycles. The normalized spacial score (nSPS) is 11.6. The number of hydrogen-bond donors (Lipinski definition) is 1. The Morgan fingerprint density at radius 3 is 3.08 bits per heavy atom. The van der Waals surface area contributed by atoms with E-state index >= 15 is 0 Å². The Bertz CT molecular complexity index is 1060. The Kier molecular flexibility index (Phi) is 4.14. The third-order valence-electron chi connectivity index (χ3n) is 3.57. The largest absolute Gasteiger partial charge is 0.464 e. The molecular formula is C15H14N6O2S2. The molecule has 0 saturated carbocycles. The number of thiophene rings is 1. The van der Waals surface area contributed by atoms with Crippen molar-refractivity contribution in [1.29, 1.82) is 0 Å². The zero-order valence-electron chi connectivity index (χ0n) is 13.5. The lowest BCUT2D eigenvalue weighted by atomic mass is 10.2. The summed E-state index contributed by atoms with van der Waals surface area (Å²) in [5.41, 5.74) is 0.596. The van der Waals surface area contributed by atoms with E-state index in [1.165, 1.54) is 23.1 Å². The summed E-state index contributed by atoms with van der Waals surface area (Å²) in [5.74, 6) is 1.73. The Morgan fingerprint density at radius 1 is 1.44 bits per heavy atom. The number of nitrogens with zero attached hydrogens (tertiary/aromatic N) is 5. The van der Waals surface area contributed by atoms with Gasteiger partial charge in [-0.2, -0.15) is 0 Å². The predicted octanol–water partition coefficient (Wildman–Crippen LogP) is 3.10. The number of fused-ring (bicyclic) bond motifs is 1. The fraction of sp³-hybridized carbons (Fsp3) is 0.267. The van der Waals surface area contributed by atoms with Crippen LogP contribution in [0.25, 0.3) is 21.5 Å². The molecule has 4 aromatic rings. The second-order valence-corrected chi connectivity index (χ2v) is 7.41. The Morgan fingerprint density at radius 2 is 2.32 bits per heavy atom. The molecule has 0 spiro atoms. The lowest BCUT2D eigenvalue weighted by Crippen LogP contribution is -2.11. The first kappa shape index (κ1) is 16.0. The summed E-state index contributed by atoms with van der Waals surface area (Å²) < 4.78 is 7.14. The van der Waals surface area contributed by atoms with Crippen molar-refractivity contribution in [1.82, 2.24) is 30.2 Å². The van der Waals surface area contributed by atoms with Crippen molar-refractivity contribution in [2.75, 3.05) is 0 Å². The zero-order valence-corrected chi connectivity index (χ0v) is 15.1. The maximum atomic E-state index is 12.5. The smallest absolute Gasteiger partial charge is 0.260 e. The van der Waals surface area contributed by atoms with Crippen molar-refractivity contribution in [2.24, 2.45) is 0 Å². The summed E-state index contributed by atoms with van der Waals surface area (Å²) in [7, 11) is 0. The van der Waals surface area contributed by atoms with Gasteiger partial charge in [0.25, 0.3) is 5.56 Å². The molecule has 25 heavy (non-hydrogen) atoms. The van der Waals surface area contributed by atoms with Gasteiger partial charge in [-0.25, -0.2) is 9.67 Å². The molecule has 4 aromatic heterocycles. The molecule has 0 fully saturated rings. The average molecular weight is 374 g/mol. The summed E-state index contributed by atoms with van der Waals surface area (Å²) in [5, 5.41) is 14.8. The van der Waals surface area contributed by atoms with Gasteiger partial charge in [0, 0.05) is 10.9 Å². The fourth-order valence-electron chi connectivity index (χ4n) is 2.41. The van der Waals surface area contributed by atoms with Gasteiger partial charge in [0.15, 0.2) is 0 Å². The molecule has 10 heteroatoms. The van der Waals surface area contributed by atoms with Gasteiger partial charge >= 0.3 is 0 Å². The quantitative estimate of drug-likeness (QED) is 0.535. The van der Waals surface area contributed by atoms with Crippen molar-refractivity contribution in [3.63, 3.8) is 0 Å². The molecule has 0 amide bonds. The highest BCUT2D eigenvalue weighted by Gasteiger charge is 2.16. The summed E-state index contributed by atoms with van der Waals surface area (Å²) in [6, 6.07) is 3.79. The van der Waals surface area contributed by atoms with Crippen LogP contribution in [0.2, 0.25) is 0 Å². The molecular weight excluding hydrogens is 360 g/mol. The number of rotatable bonds is 5. The first-order chi connectivity index (χ1) is 12.1. The Labute approximate surface area is 150 Å². The van der Waals surface area contributed by atoms with Crippen molar-refractivity contribution < 1.29 is 4.42 Å². The van der Waals surface area contributed by atoms with E-state index in [1.807, 2.05) is 25.3 Å². The van der Waals surface area contributed by atoms with Gasteiger partial charge in [-0.05, 0) is 36.4 Å². The fourth-order valence-corrected chi connectivity index (χ4v) is 4.24. The van der Waals surface area contributed by atoms with E-state index < -0.39 is 0 Å². The van der Waals surface area contributed by atoms with Crippen LogP contribution in [0.4, 0.5) is 0 Å². The Balaban J connectivity index is 1.64. The third kappa shape index (κ3) is 2.98. The summed E-state index contributed by atoms with van der Waals surface area (Å²) in [4.78, 5) is 20.6. The average Bonchev–Trinajstić information content (AvgIpc) is 3.31. The molecule has 0 aliphatic heterocycles. The monoisotopic (exact) mass is 374 g/mol. The number of nitrogens with one attached hydrogen (secondary N) is 1. The molecule has 4 heterocycles. The topological polar surface area (TPSA) is 102 Å². The van der Waals surface area contributed by atoms with E-state index in [0.717, 1.165) is 5.56 Å². The van der Waals surface area contributed by atoms with Gasteiger partial charge in [-0.3, -0.25) is 4.79 Å². The predicted molar refractivity (Wildman–Crippen MR) is 95.7 cm³/mol. The molecule has 8 nitrogen and oxygen atoms in total. The maximum absolute atomic E-state index is 12.5. The minimum Gasteiger partial charge on any atom is -0.464 e. The van der Waals surface area contributed by atoms with Gasteiger partial charge in [0.2, 0.25) is 5.16 Å². The number of aromatic nitrogens is 6. The number of aromatic amines is 1. The number of tetrazole rings is 1. The maximum Gasteiger partial charge on any atom is 0.260 e. The highest BCUT2D eigenvalue weighted by Crippen LogP contribution is 2.31. The van der Waals surface area contributed by atoms with Crippen LogP contribution in [0, 0.1) is 0 Å². The first-order valence-corrected chi connectivity index (χ1v) is 9.45. The van der Waals surface area contributed by atoms with E-state index in [2.05, 4.69) is 25.5 Å². The third-order valence-corrected chi connectivity index (χ3v) is 5.39. The molecule has 0 radical (unpaired) electrons. The van der Waals surface area contributed by atoms with Gasteiger partial charge < -0.3 is 9.40 Å². The van der Waals surface area contributed by atoms with E-state index in [1.54, 1.807) is 17.0 Å². The van der Waals surface area contributed by atoms with Crippen LogP contribution in [-0.4, -0.2) is 30.2 Å². The zero-order chi connectivity index (χ0) is 17.4. The van der Waals surface area contributed by atoms with E-state index in [4.69, 9.17) is 4.42 Å². The first-order valence-electron chi connectivity index (χ1n) is 7.58. The van der Waals surface area contributed by atoms with Gasteiger partial charge in [0.1, 0.15) is 16.4 Å². The van der Waals surface area contributed by atoms with Gasteiger partial charge in [-0.15, -0.1) is 16.4 Å². The molecule has 0 unspecified atom stereocenters. The lowest BCUT2D eigenvalue weighted by Gasteiger charge is -2.06. The minimum atomic E-state index is -0.170. The van der Waals surface area contributed by atoms with E-state index in [-0.39, 0.29) is 11.6 Å². The molecule has 0 aliphatic carbocycles. The van der Waals surface area contributed by atoms with Crippen molar-refractivity contribution in [2.45, 2.75) is 30.8 Å². The SMILES string of the molecule is CC(C)n1nnnc1SCc1nc2scc(-c3ccco3)c2c(=O)[nH]1. The Hall–Kier alpha value is -2.46. The van der Waals surface area contributed by atoms with Crippen LogP contribution in [0.1, 0.15) is 25.7 Å². The molecule has 128 valence electrons. The van der Waals surface area contributed by atoms with Crippen LogP contribution in [0.3, 0.4) is 0 Å². The van der Waals surface area contributed by atoms with Crippen LogP contribution in [0.15, 0.2) is 38.1 Å². The molecule has 0 saturated heterocycles. The van der Waals surface area contributed by atoms with Gasteiger partial charge in [-0.1, -0.05) is 11.8 Å². The molecule has 0 aliphatic rings. The summed E-state index contributed by atoms with van der Waals surface area (Å²) in [6.07, 6.45) is 1.59. The van der Waals surface area contributed by atoms with Crippen molar-refractivity contribution in [3.8, 4) is 11.3 Å². The number of thioether (sulfide) groups is 1. The number of H-pyrrole nitrogens is 1. The molecule has 0 bridgehead atoms. The second-order valence-electron chi connectivity index (χ2n) is 5.61. The minimum absolute atomic E-state index is 0.167. The molecule has 4 rings (SSSR count). The molecule has 1 N–H and O–H groups in total. The van der Waals surface area contributed by atoms with Crippen molar-refractivity contribution in [3.05, 3.63) is 40.0 Å². The van der Waals surface area contributed by atoms with Crippen LogP contribution in [-0.2, 0) is 5.75 Å². The van der Waals surface area contributed by atoms with Gasteiger partial charge in [0.05, 0.1) is 23.4 Å². The van der Waals surface area contributed by atoms with Crippen LogP contribution < -0.4 is 5.56 Å². The number of furan rings is 1. The van der Waals surface area contributed by atoms with Crippen LogP contribution in [0.5, 0.6) is 0 Å². The highest BCUT2D eigenvalue weighted by atomic mass is 32.2.